The van der Waals surface area contributed by atoms with E-state index in [0.29, 0.717) is 5.56 Å². The van der Waals surface area contributed by atoms with E-state index in [2.05, 4.69) is 39.1 Å². The van der Waals surface area contributed by atoms with Gasteiger partial charge in [0.05, 0.1) is 0 Å². The number of pyridine rings is 1. The van der Waals surface area contributed by atoms with Gasteiger partial charge < -0.3 is 22.0 Å². The SMILES string of the molecule is Cc1cc(SCCCCCCCCC[n+]2ccc(/C=C/C(=O)c3ccccc3)cc2)nc(=O)[nH]1.[Br-]. The van der Waals surface area contributed by atoms with Crippen LogP contribution in [0.15, 0.2) is 76.8 Å². The molecule has 3 aromatic rings. The molecular formula is C28H34BrN3O2S. The number of nitrogens with zero attached hydrogens (tertiary/aromatic N) is 2. The molecule has 0 aliphatic heterocycles. The van der Waals surface area contributed by atoms with Crippen molar-refractivity contribution in [3.05, 3.63) is 94.3 Å². The lowest BCUT2D eigenvalue weighted by Crippen LogP contribution is -3.00. The molecule has 0 radical (unpaired) electrons. The number of H-pyrrole nitrogens is 1. The van der Waals surface area contributed by atoms with Crippen LogP contribution >= 0.6 is 11.8 Å². The summed E-state index contributed by atoms with van der Waals surface area (Å²) in [6.07, 6.45) is 16.3. The first-order valence-electron chi connectivity index (χ1n) is 12.1. The fourth-order valence-corrected chi connectivity index (χ4v) is 4.65. The Morgan fingerprint density at radius 1 is 0.971 bits per heavy atom. The Labute approximate surface area is 222 Å². The van der Waals surface area contributed by atoms with Crippen molar-refractivity contribution in [3.63, 3.8) is 0 Å². The molecule has 0 bridgehead atoms. The van der Waals surface area contributed by atoms with Crippen molar-refractivity contribution < 1.29 is 26.3 Å². The number of aromatic nitrogens is 3. The van der Waals surface area contributed by atoms with Crippen LogP contribution in [0.25, 0.3) is 6.08 Å². The zero-order chi connectivity index (χ0) is 24.0. The van der Waals surface area contributed by atoms with Crippen molar-refractivity contribution in [1.82, 2.24) is 9.97 Å². The molecule has 0 spiro atoms. The van der Waals surface area contributed by atoms with Crippen LogP contribution in [0.4, 0.5) is 0 Å². The minimum Gasteiger partial charge on any atom is -1.00 e. The molecule has 186 valence electrons. The summed E-state index contributed by atoms with van der Waals surface area (Å²) in [5.74, 6) is 1.04. The maximum Gasteiger partial charge on any atom is 0.346 e. The van der Waals surface area contributed by atoms with E-state index in [1.807, 2.05) is 49.4 Å². The molecule has 2 heterocycles. The Morgan fingerprint density at radius 3 is 2.31 bits per heavy atom. The molecule has 0 saturated carbocycles. The first kappa shape index (κ1) is 28.7. The van der Waals surface area contributed by atoms with Crippen molar-refractivity contribution in [2.75, 3.05) is 5.75 Å². The minimum absolute atomic E-state index is 0. The monoisotopic (exact) mass is 555 g/mol. The van der Waals surface area contributed by atoms with Crippen LogP contribution in [0.3, 0.4) is 0 Å². The van der Waals surface area contributed by atoms with Gasteiger partial charge in [-0.2, -0.15) is 4.98 Å². The number of carbonyl (C=O) groups is 1. The third-order valence-electron chi connectivity index (χ3n) is 5.57. The molecule has 0 aliphatic carbocycles. The van der Waals surface area contributed by atoms with Gasteiger partial charge in [-0.05, 0) is 43.2 Å². The highest BCUT2D eigenvalue weighted by molar-refractivity contribution is 7.99. The fourth-order valence-electron chi connectivity index (χ4n) is 3.68. The standard InChI is InChI=1S/C28H33N3O2S.BrH/c1-23-22-27(30-28(33)29-23)34-21-11-6-4-2-3-5-10-18-31-19-16-24(17-20-31)14-15-26(32)25-12-8-7-9-13-25;/h7-9,12-17,19-20,22H,2-6,10-11,18,21H2,1H3;1H/b15-14+;. The fraction of sp³-hybridized carbons (Fsp3) is 0.357. The second kappa shape index (κ2) is 16.2. The maximum atomic E-state index is 12.2. The topological polar surface area (TPSA) is 66.7 Å². The normalized spacial score (nSPS) is 10.9. The molecule has 0 saturated heterocycles. The summed E-state index contributed by atoms with van der Waals surface area (Å²) >= 11 is 1.67. The molecule has 2 aromatic heterocycles. The number of allylic oxidation sites excluding steroid dienone is 1. The third kappa shape index (κ3) is 11.2. The first-order valence-corrected chi connectivity index (χ1v) is 13.1. The molecule has 1 aromatic carbocycles. The van der Waals surface area contributed by atoms with E-state index in [1.54, 1.807) is 17.8 Å². The molecule has 1 N–H and O–H groups in total. The zero-order valence-electron chi connectivity index (χ0n) is 20.3. The number of hydrogen-bond donors (Lipinski definition) is 1. The van der Waals surface area contributed by atoms with Gasteiger partial charge in [0.25, 0.3) is 0 Å². The van der Waals surface area contributed by atoms with Gasteiger partial charge in [0.15, 0.2) is 18.2 Å². The van der Waals surface area contributed by atoms with Crippen LogP contribution in [-0.2, 0) is 6.54 Å². The van der Waals surface area contributed by atoms with E-state index in [4.69, 9.17) is 0 Å². The highest BCUT2D eigenvalue weighted by Gasteiger charge is 2.03. The Hall–Kier alpha value is -2.51. The third-order valence-corrected chi connectivity index (χ3v) is 6.57. The quantitative estimate of drug-likeness (QED) is 0.0829. The summed E-state index contributed by atoms with van der Waals surface area (Å²) in [6, 6.07) is 15.4. The number of carbonyl (C=O) groups excluding carboxylic acids is 1. The number of hydrogen-bond acceptors (Lipinski definition) is 4. The smallest absolute Gasteiger partial charge is 0.346 e. The van der Waals surface area contributed by atoms with Crippen molar-refractivity contribution in [2.45, 2.75) is 63.4 Å². The van der Waals surface area contributed by atoms with Gasteiger partial charge in [-0.1, -0.05) is 62.1 Å². The van der Waals surface area contributed by atoms with Gasteiger partial charge in [0.2, 0.25) is 0 Å². The molecule has 7 heteroatoms. The van der Waals surface area contributed by atoms with Gasteiger partial charge in [-0.15, -0.1) is 11.8 Å². The Balaban J connectivity index is 0.00000432. The van der Waals surface area contributed by atoms with E-state index in [1.165, 1.54) is 38.5 Å². The number of benzene rings is 1. The van der Waals surface area contributed by atoms with E-state index in [9.17, 15) is 9.59 Å². The molecule has 0 unspecified atom stereocenters. The minimum atomic E-state index is -0.260. The maximum absolute atomic E-state index is 12.2. The number of rotatable bonds is 14. The number of ketones is 1. The van der Waals surface area contributed by atoms with Gasteiger partial charge in [0, 0.05) is 29.8 Å². The lowest BCUT2D eigenvalue weighted by Gasteiger charge is -2.03. The first-order chi connectivity index (χ1) is 16.6. The van der Waals surface area contributed by atoms with Crippen LogP contribution in [0.1, 0.15) is 66.6 Å². The van der Waals surface area contributed by atoms with E-state index in [0.717, 1.165) is 35.0 Å². The van der Waals surface area contributed by atoms with Crippen LogP contribution in [-0.4, -0.2) is 21.5 Å². The lowest BCUT2D eigenvalue weighted by molar-refractivity contribution is -0.697. The summed E-state index contributed by atoms with van der Waals surface area (Å²) in [5, 5.41) is 0.823. The molecular weight excluding hydrogens is 522 g/mol. The number of aryl methyl sites for hydroxylation is 2. The molecule has 0 fully saturated rings. The zero-order valence-corrected chi connectivity index (χ0v) is 22.7. The average molecular weight is 557 g/mol. The molecule has 0 aliphatic rings. The number of unbranched alkanes of at least 4 members (excludes halogenated alkanes) is 6. The summed E-state index contributed by atoms with van der Waals surface area (Å²) in [7, 11) is 0. The predicted molar refractivity (Wildman–Crippen MR) is 139 cm³/mol. The van der Waals surface area contributed by atoms with Gasteiger partial charge in [-0.25, -0.2) is 9.36 Å². The number of nitrogens with one attached hydrogen (secondary N) is 1. The van der Waals surface area contributed by atoms with Gasteiger partial charge in [0.1, 0.15) is 11.6 Å². The van der Waals surface area contributed by atoms with Gasteiger partial charge in [-0.3, -0.25) is 4.79 Å². The molecule has 0 atom stereocenters. The Bertz CT molecular complexity index is 1120. The molecule has 0 amide bonds. The number of halogens is 1. The van der Waals surface area contributed by atoms with Crippen LogP contribution in [0.2, 0.25) is 0 Å². The molecule has 35 heavy (non-hydrogen) atoms. The Morgan fingerprint density at radius 2 is 1.63 bits per heavy atom. The lowest BCUT2D eigenvalue weighted by atomic mass is 10.1. The number of aromatic amines is 1. The van der Waals surface area contributed by atoms with Crippen LogP contribution in [0, 0.1) is 6.92 Å². The predicted octanol–water partition coefficient (Wildman–Crippen LogP) is 2.79. The summed E-state index contributed by atoms with van der Waals surface area (Å²) in [6.45, 7) is 2.90. The Kier molecular flexibility index (Phi) is 13.3. The highest BCUT2D eigenvalue weighted by atomic mass is 79.9. The van der Waals surface area contributed by atoms with E-state index >= 15 is 0 Å². The molecule has 5 nitrogen and oxygen atoms in total. The largest absolute Gasteiger partial charge is 1.00 e. The van der Waals surface area contributed by atoms with Crippen molar-refractivity contribution in [1.29, 1.82) is 0 Å². The van der Waals surface area contributed by atoms with Crippen molar-refractivity contribution in [3.8, 4) is 0 Å². The van der Waals surface area contributed by atoms with Crippen LogP contribution in [0.5, 0.6) is 0 Å². The van der Waals surface area contributed by atoms with Crippen LogP contribution < -0.4 is 27.2 Å². The summed E-state index contributed by atoms with van der Waals surface area (Å²) in [4.78, 5) is 30.2. The van der Waals surface area contributed by atoms with Crippen molar-refractivity contribution in [2.24, 2.45) is 0 Å². The van der Waals surface area contributed by atoms with Crippen molar-refractivity contribution >= 4 is 23.6 Å². The average Bonchev–Trinajstić information content (AvgIpc) is 2.84. The molecule has 3 rings (SSSR count). The van der Waals surface area contributed by atoms with E-state index in [-0.39, 0.29) is 28.5 Å². The van der Waals surface area contributed by atoms with Gasteiger partial charge >= 0.3 is 5.69 Å². The number of thioether (sulfide) groups is 1. The highest BCUT2D eigenvalue weighted by Crippen LogP contribution is 2.17. The second-order valence-electron chi connectivity index (χ2n) is 8.46. The second-order valence-corrected chi connectivity index (χ2v) is 9.58. The van der Waals surface area contributed by atoms with E-state index < -0.39 is 0 Å². The summed E-state index contributed by atoms with van der Waals surface area (Å²) < 4.78 is 2.21. The summed E-state index contributed by atoms with van der Waals surface area (Å²) in [5.41, 5.74) is 2.34.